The zero-order valence-corrected chi connectivity index (χ0v) is 5.28. The zero-order valence-electron chi connectivity index (χ0n) is 5.28. The fraction of sp³-hybridized carbons (Fsp3) is 0.167. The maximum Gasteiger partial charge on any atom is 0.115 e. The van der Waals surface area contributed by atoms with Gasteiger partial charge in [0.05, 0.1) is 18.5 Å². The van der Waals surface area contributed by atoms with E-state index < -0.39 is 0 Å². The Morgan fingerprint density at radius 3 is 3.40 bits per heavy atom. The van der Waals surface area contributed by atoms with E-state index in [9.17, 15) is 0 Å². The summed E-state index contributed by atoms with van der Waals surface area (Å²) >= 11 is 0. The Labute approximate surface area is 58.0 Å². The third-order valence-electron chi connectivity index (χ3n) is 1.37. The van der Waals surface area contributed by atoms with Gasteiger partial charge in [0.2, 0.25) is 0 Å². The summed E-state index contributed by atoms with van der Waals surface area (Å²) in [6.07, 6.45) is 5.02. The van der Waals surface area contributed by atoms with Gasteiger partial charge in [-0.2, -0.15) is 5.10 Å². The molecule has 0 bridgehead atoms. The van der Waals surface area contributed by atoms with Crippen molar-refractivity contribution in [2.24, 2.45) is 5.10 Å². The van der Waals surface area contributed by atoms with Gasteiger partial charge in [-0.15, -0.1) is 0 Å². The van der Waals surface area contributed by atoms with E-state index in [-0.39, 0.29) is 0 Å². The van der Waals surface area contributed by atoms with Crippen molar-refractivity contribution in [1.29, 1.82) is 0 Å². The molecule has 1 N–H and O–H groups in total. The van der Waals surface area contributed by atoms with Crippen LogP contribution in [0.3, 0.4) is 0 Å². The highest BCUT2D eigenvalue weighted by atomic mass is 15.3. The molecule has 2 heterocycles. The van der Waals surface area contributed by atoms with E-state index in [0.717, 1.165) is 11.3 Å². The van der Waals surface area contributed by atoms with Gasteiger partial charge in [-0.3, -0.25) is 0 Å². The van der Waals surface area contributed by atoms with Gasteiger partial charge in [0.25, 0.3) is 0 Å². The van der Waals surface area contributed by atoms with Crippen LogP contribution in [0.1, 0.15) is 11.3 Å². The van der Waals surface area contributed by atoms with Gasteiger partial charge < -0.3 is 5.43 Å². The van der Waals surface area contributed by atoms with Gasteiger partial charge in [0, 0.05) is 11.8 Å². The molecule has 0 fully saturated rings. The Balaban J connectivity index is 2.54. The molecule has 0 atom stereocenters. The molecule has 4 heteroatoms. The van der Waals surface area contributed by atoms with E-state index in [1.807, 2.05) is 0 Å². The standard InChI is InChI=1S/C6H6N4/c1-5-2-9-10-3-6(5)8-4-7-1/h1-2,4,10H,3H2. The third-order valence-corrected chi connectivity index (χ3v) is 1.37. The van der Waals surface area contributed by atoms with E-state index in [1.165, 1.54) is 0 Å². The first-order valence-corrected chi connectivity index (χ1v) is 3.01. The molecular formula is C6H6N4. The number of hydrogen-bond acceptors (Lipinski definition) is 4. The molecule has 0 spiro atoms. The van der Waals surface area contributed by atoms with Gasteiger partial charge >= 0.3 is 0 Å². The van der Waals surface area contributed by atoms with Crippen molar-refractivity contribution in [2.75, 3.05) is 0 Å². The monoisotopic (exact) mass is 134 g/mol. The number of rotatable bonds is 0. The van der Waals surface area contributed by atoms with Gasteiger partial charge in [-0.1, -0.05) is 0 Å². The maximum atomic E-state index is 4.05. The summed E-state index contributed by atoms with van der Waals surface area (Å²) in [5, 5.41) is 3.86. The number of hydrazone groups is 1. The quantitative estimate of drug-likeness (QED) is 0.539. The lowest BCUT2D eigenvalue weighted by atomic mass is 10.2. The summed E-state index contributed by atoms with van der Waals surface area (Å²) in [6, 6.07) is 0. The van der Waals surface area contributed by atoms with Crippen LogP contribution in [-0.2, 0) is 6.54 Å². The van der Waals surface area contributed by atoms with Gasteiger partial charge in [-0.05, 0) is 0 Å². The molecule has 50 valence electrons. The molecule has 2 rings (SSSR count). The van der Waals surface area contributed by atoms with Crippen LogP contribution in [0.15, 0.2) is 17.6 Å². The van der Waals surface area contributed by atoms with Crippen molar-refractivity contribution in [1.82, 2.24) is 15.4 Å². The predicted octanol–water partition coefficient (Wildman–Crippen LogP) is -0.0863. The molecule has 0 aliphatic carbocycles. The highest BCUT2D eigenvalue weighted by Gasteiger charge is 2.03. The first-order valence-electron chi connectivity index (χ1n) is 3.01. The molecule has 0 aromatic carbocycles. The van der Waals surface area contributed by atoms with Crippen LogP contribution in [0.5, 0.6) is 0 Å². The van der Waals surface area contributed by atoms with Crippen molar-refractivity contribution >= 4 is 6.21 Å². The normalized spacial score (nSPS) is 14.0. The highest BCUT2D eigenvalue weighted by molar-refractivity contribution is 5.80. The minimum atomic E-state index is 0.703. The van der Waals surface area contributed by atoms with Crippen LogP contribution in [0.4, 0.5) is 0 Å². The van der Waals surface area contributed by atoms with Crippen molar-refractivity contribution in [3.05, 3.63) is 23.8 Å². The van der Waals surface area contributed by atoms with E-state index in [4.69, 9.17) is 0 Å². The minimum Gasteiger partial charge on any atom is -0.304 e. The topological polar surface area (TPSA) is 50.2 Å². The summed E-state index contributed by atoms with van der Waals surface area (Å²) in [7, 11) is 0. The second-order valence-electron chi connectivity index (χ2n) is 2.02. The Hall–Kier alpha value is -1.45. The third kappa shape index (κ3) is 0.737. The fourth-order valence-corrected chi connectivity index (χ4v) is 0.857. The van der Waals surface area contributed by atoms with Gasteiger partial charge in [0.15, 0.2) is 0 Å². The Kier molecular flexibility index (Phi) is 1.10. The average Bonchev–Trinajstić information content (AvgIpc) is 2.05. The zero-order chi connectivity index (χ0) is 6.81. The second kappa shape index (κ2) is 2.06. The van der Waals surface area contributed by atoms with E-state index in [0.29, 0.717) is 6.54 Å². The maximum absolute atomic E-state index is 4.05. The summed E-state index contributed by atoms with van der Waals surface area (Å²) < 4.78 is 0. The van der Waals surface area contributed by atoms with Gasteiger partial charge in [0.1, 0.15) is 6.33 Å². The molecule has 0 unspecified atom stereocenters. The predicted molar refractivity (Wildman–Crippen MR) is 36.5 cm³/mol. The van der Waals surface area contributed by atoms with Crippen LogP contribution >= 0.6 is 0 Å². The van der Waals surface area contributed by atoms with E-state index >= 15 is 0 Å². The molecule has 1 aromatic heterocycles. The summed E-state index contributed by atoms with van der Waals surface area (Å²) in [4.78, 5) is 7.92. The molecule has 0 radical (unpaired) electrons. The molecule has 1 aromatic rings. The summed E-state index contributed by atoms with van der Waals surface area (Å²) in [5.41, 5.74) is 4.83. The first-order chi connectivity index (χ1) is 4.97. The summed E-state index contributed by atoms with van der Waals surface area (Å²) in [6.45, 7) is 0.703. The minimum absolute atomic E-state index is 0.703. The SMILES string of the molecule is C1=NNCc2ncncc21. The van der Waals surface area contributed by atoms with Crippen molar-refractivity contribution in [3.8, 4) is 0 Å². The number of hydrogen-bond donors (Lipinski definition) is 1. The highest BCUT2D eigenvalue weighted by Crippen LogP contribution is 2.02. The number of nitrogens with one attached hydrogen (secondary N) is 1. The first kappa shape index (κ1) is 5.34. The van der Waals surface area contributed by atoms with E-state index in [2.05, 4.69) is 20.5 Å². The lowest BCUT2D eigenvalue weighted by Gasteiger charge is -2.07. The van der Waals surface area contributed by atoms with Crippen LogP contribution in [0.2, 0.25) is 0 Å². The van der Waals surface area contributed by atoms with Crippen molar-refractivity contribution in [3.63, 3.8) is 0 Å². The Morgan fingerprint density at radius 2 is 2.50 bits per heavy atom. The number of nitrogens with zero attached hydrogens (tertiary/aromatic N) is 3. The lowest BCUT2D eigenvalue weighted by molar-refractivity contribution is 0.711. The average molecular weight is 134 g/mol. The van der Waals surface area contributed by atoms with Crippen LogP contribution in [-0.4, -0.2) is 16.2 Å². The fourth-order valence-electron chi connectivity index (χ4n) is 0.857. The molecule has 0 saturated heterocycles. The summed E-state index contributed by atoms with van der Waals surface area (Å²) in [5.74, 6) is 0. The van der Waals surface area contributed by atoms with Crippen LogP contribution in [0.25, 0.3) is 0 Å². The van der Waals surface area contributed by atoms with Crippen molar-refractivity contribution in [2.45, 2.75) is 6.54 Å². The molecule has 10 heavy (non-hydrogen) atoms. The molecule has 1 aliphatic heterocycles. The smallest absolute Gasteiger partial charge is 0.115 e. The van der Waals surface area contributed by atoms with Crippen molar-refractivity contribution < 1.29 is 0 Å². The van der Waals surface area contributed by atoms with Gasteiger partial charge in [-0.25, -0.2) is 9.97 Å². The Bertz CT molecular complexity index is 268. The molecule has 1 aliphatic rings. The van der Waals surface area contributed by atoms with E-state index in [1.54, 1.807) is 18.7 Å². The molecule has 0 amide bonds. The Morgan fingerprint density at radius 1 is 1.50 bits per heavy atom. The molecule has 4 nitrogen and oxygen atoms in total. The molecule has 0 saturated carbocycles. The van der Waals surface area contributed by atoms with Crippen LogP contribution < -0.4 is 5.43 Å². The lowest BCUT2D eigenvalue weighted by Crippen LogP contribution is -2.14. The number of aromatic nitrogens is 2. The van der Waals surface area contributed by atoms with Crippen LogP contribution in [0, 0.1) is 0 Å². The number of fused-ring (bicyclic) bond motifs is 1. The molecular weight excluding hydrogens is 128 g/mol. The largest absolute Gasteiger partial charge is 0.304 e. The second-order valence-corrected chi connectivity index (χ2v) is 2.02.